The molecule has 13 nitrogen and oxygen atoms in total. The van der Waals surface area contributed by atoms with E-state index in [2.05, 4.69) is 10.6 Å². The van der Waals surface area contributed by atoms with Crippen molar-refractivity contribution in [2.75, 3.05) is 39.9 Å². The molecule has 0 fully saturated rings. The number of carbonyl (C=O) groups is 3. The van der Waals surface area contributed by atoms with Crippen LogP contribution in [0.2, 0.25) is 0 Å². The highest BCUT2D eigenvalue weighted by Crippen LogP contribution is 2.43. The van der Waals surface area contributed by atoms with Gasteiger partial charge in [0.15, 0.2) is 23.5 Å². The van der Waals surface area contributed by atoms with Crippen LogP contribution in [0.4, 0.5) is 5.69 Å². The first kappa shape index (κ1) is 30.4. The van der Waals surface area contributed by atoms with Gasteiger partial charge in [0, 0.05) is 23.4 Å². The van der Waals surface area contributed by atoms with Gasteiger partial charge in [-0.2, -0.15) is 0 Å². The Labute approximate surface area is 244 Å². The molecule has 0 aliphatic heterocycles. The first-order valence-corrected chi connectivity index (χ1v) is 12.7. The summed E-state index contributed by atoms with van der Waals surface area (Å²) < 4.78 is 27.7. The van der Waals surface area contributed by atoms with Crippen molar-refractivity contribution in [1.29, 1.82) is 0 Å². The molecule has 224 valence electrons. The van der Waals surface area contributed by atoms with E-state index in [0.717, 1.165) is 0 Å². The van der Waals surface area contributed by atoms with Crippen LogP contribution in [-0.2, 0) is 9.59 Å². The Kier molecular flexibility index (Phi) is 9.47. The molecule has 1 atom stereocenters. The number of aliphatic hydroxyl groups excluding tert-OH is 1. The van der Waals surface area contributed by atoms with E-state index in [4.69, 9.17) is 33.6 Å². The second kappa shape index (κ2) is 13.4. The van der Waals surface area contributed by atoms with Gasteiger partial charge in [0.1, 0.15) is 28.5 Å². The van der Waals surface area contributed by atoms with Gasteiger partial charge in [-0.1, -0.05) is 24.3 Å². The standard InChI is InChI=1S/C30H28N2O11/c1-39-21-10-5-4-9-18(21)29(36)31-17-8-6-7-16(11-17)22-12-20(34)26-23(43-22)13-24(40-2)27(41-3)28(26)42-15-25(35)32-19(14-33)30(37)38/h4-13,19,33H,14-15H2,1-3H3,(H,31,36)(H,32,35)(H,37,38)/t19-/m0/s1. The molecule has 0 saturated carbocycles. The Morgan fingerprint density at radius 2 is 1.65 bits per heavy atom. The predicted molar refractivity (Wildman–Crippen MR) is 154 cm³/mol. The van der Waals surface area contributed by atoms with Gasteiger partial charge in [-0.05, 0) is 24.3 Å². The normalized spacial score (nSPS) is 11.3. The second-order valence-electron chi connectivity index (χ2n) is 8.95. The third-order valence-electron chi connectivity index (χ3n) is 6.24. The number of aliphatic hydroxyl groups is 1. The summed E-state index contributed by atoms with van der Waals surface area (Å²) in [6, 6.07) is 14.5. The predicted octanol–water partition coefficient (Wildman–Crippen LogP) is 2.68. The molecule has 0 radical (unpaired) electrons. The summed E-state index contributed by atoms with van der Waals surface area (Å²) >= 11 is 0. The monoisotopic (exact) mass is 592 g/mol. The Morgan fingerprint density at radius 1 is 0.907 bits per heavy atom. The molecule has 0 spiro atoms. The number of anilines is 1. The average molecular weight is 593 g/mol. The van der Waals surface area contributed by atoms with Crippen LogP contribution in [0.3, 0.4) is 0 Å². The molecule has 0 aliphatic carbocycles. The lowest BCUT2D eigenvalue weighted by atomic mass is 10.1. The number of fused-ring (bicyclic) bond motifs is 1. The summed E-state index contributed by atoms with van der Waals surface area (Å²) in [7, 11) is 4.13. The maximum atomic E-state index is 13.4. The fourth-order valence-electron chi connectivity index (χ4n) is 4.21. The van der Waals surface area contributed by atoms with E-state index >= 15 is 0 Å². The molecule has 1 aromatic heterocycles. The van der Waals surface area contributed by atoms with Gasteiger partial charge in [-0.25, -0.2) is 4.79 Å². The first-order valence-electron chi connectivity index (χ1n) is 12.7. The Bertz CT molecular complexity index is 1730. The molecule has 4 aromatic rings. The zero-order valence-corrected chi connectivity index (χ0v) is 23.3. The number of carboxylic acid groups (broad SMARTS) is 1. The molecule has 13 heteroatoms. The lowest BCUT2D eigenvalue weighted by Gasteiger charge is -2.17. The minimum Gasteiger partial charge on any atom is -0.496 e. The fourth-order valence-corrected chi connectivity index (χ4v) is 4.21. The number of carboxylic acids is 1. The maximum Gasteiger partial charge on any atom is 0.328 e. The van der Waals surface area contributed by atoms with Crippen LogP contribution in [0.25, 0.3) is 22.3 Å². The van der Waals surface area contributed by atoms with Gasteiger partial charge in [0.05, 0.1) is 33.5 Å². The van der Waals surface area contributed by atoms with Crippen LogP contribution < -0.4 is 35.0 Å². The molecule has 43 heavy (non-hydrogen) atoms. The molecular weight excluding hydrogens is 564 g/mol. The van der Waals surface area contributed by atoms with Crippen LogP contribution >= 0.6 is 0 Å². The molecular formula is C30H28N2O11. The van der Waals surface area contributed by atoms with Crippen LogP contribution in [0.1, 0.15) is 10.4 Å². The van der Waals surface area contributed by atoms with E-state index in [0.29, 0.717) is 22.6 Å². The molecule has 0 aliphatic rings. The summed E-state index contributed by atoms with van der Waals surface area (Å²) in [5.74, 6) is -2.17. The molecule has 0 bridgehead atoms. The topological polar surface area (TPSA) is 183 Å². The zero-order valence-electron chi connectivity index (χ0n) is 23.3. The average Bonchev–Trinajstić information content (AvgIpc) is 3.01. The van der Waals surface area contributed by atoms with Crippen molar-refractivity contribution < 1.29 is 48.0 Å². The number of methoxy groups -OCH3 is 3. The smallest absolute Gasteiger partial charge is 0.328 e. The molecule has 2 amide bonds. The number of nitrogens with one attached hydrogen (secondary N) is 2. The van der Waals surface area contributed by atoms with E-state index in [1.54, 1.807) is 48.5 Å². The third-order valence-corrected chi connectivity index (χ3v) is 6.24. The fraction of sp³-hybridized carbons (Fsp3) is 0.200. The summed E-state index contributed by atoms with van der Waals surface area (Å²) in [5.41, 5.74) is 0.732. The quantitative estimate of drug-likeness (QED) is 0.190. The van der Waals surface area contributed by atoms with Crippen LogP contribution in [0.5, 0.6) is 23.0 Å². The van der Waals surface area contributed by atoms with Crippen molar-refractivity contribution in [3.05, 3.63) is 76.5 Å². The Hall–Kier alpha value is -5.56. The van der Waals surface area contributed by atoms with Gasteiger partial charge >= 0.3 is 5.97 Å². The number of amides is 2. The number of carbonyl (C=O) groups excluding carboxylic acids is 2. The second-order valence-corrected chi connectivity index (χ2v) is 8.95. The lowest BCUT2D eigenvalue weighted by molar-refractivity contribution is -0.143. The Balaban J connectivity index is 1.69. The minimum atomic E-state index is -1.54. The number of aliphatic carboxylic acids is 1. The first-order chi connectivity index (χ1) is 20.7. The molecule has 1 heterocycles. The van der Waals surface area contributed by atoms with Gasteiger partial charge < -0.3 is 44.2 Å². The van der Waals surface area contributed by atoms with Crippen molar-refractivity contribution in [2.45, 2.75) is 6.04 Å². The molecule has 4 rings (SSSR count). The minimum absolute atomic E-state index is 0.000780. The van der Waals surface area contributed by atoms with E-state index in [9.17, 15) is 19.2 Å². The van der Waals surface area contributed by atoms with Crippen molar-refractivity contribution >= 4 is 34.4 Å². The largest absolute Gasteiger partial charge is 0.496 e. The summed E-state index contributed by atoms with van der Waals surface area (Å²) in [6.45, 7) is -1.54. The van der Waals surface area contributed by atoms with Crippen LogP contribution in [0.15, 0.2) is 69.9 Å². The molecule has 0 unspecified atom stereocenters. The molecule has 3 aromatic carbocycles. The SMILES string of the molecule is COc1ccccc1C(=O)Nc1cccc(-c2cc(=O)c3c(OCC(=O)N[C@@H](CO)C(=O)O)c(OC)c(OC)cc3o2)c1. The number of hydrogen-bond donors (Lipinski definition) is 4. The van der Waals surface area contributed by atoms with Gasteiger partial charge in [0.2, 0.25) is 5.75 Å². The maximum absolute atomic E-state index is 13.4. The van der Waals surface area contributed by atoms with Crippen molar-refractivity contribution in [3.63, 3.8) is 0 Å². The Morgan fingerprint density at radius 3 is 2.33 bits per heavy atom. The van der Waals surface area contributed by atoms with Crippen LogP contribution in [0, 0.1) is 0 Å². The van der Waals surface area contributed by atoms with E-state index in [-0.39, 0.29) is 34.0 Å². The van der Waals surface area contributed by atoms with E-state index in [1.807, 2.05) is 0 Å². The summed E-state index contributed by atoms with van der Waals surface area (Å²) in [4.78, 5) is 49.7. The van der Waals surface area contributed by atoms with E-state index < -0.39 is 42.5 Å². The number of rotatable bonds is 12. The van der Waals surface area contributed by atoms with Gasteiger partial charge in [-0.15, -0.1) is 0 Å². The van der Waals surface area contributed by atoms with Gasteiger partial charge in [-0.3, -0.25) is 14.4 Å². The summed E-state index contributed by atoms with van der Waals surface area (Å²) in [5, 5.41) is 23.1. The number of para-hydroxylation sites is 1. The molecule has 4 N–H and O–H groups in total. The lowest BCUT2D eigenvalue weighted by Crippen LogP contribution is -2.45. The van der Waals surface area contributed by atoms with E-state index in [1.165, 1.54) is 33.5 Å². The highest BCUT2D eigenvalue weighted by molar-refractivity contribution is 6.06. The highest BCUT2D eigenvalue weighted by atomic mass is 16.5. The van der Waals surface area contributed by atoms with Crippen LogP contribution in [-0.4, -0.2) is 68.6 Å². The highest BCUT2D eigenvalue weighted by Gasteiger charge is 2.24. The third kappa shape index (κ3) is 6.68. The van der Waals surface area contributed by atoms with Crippen molar-refractivity contribution in [1.82, 2.24) is 5.32 Å². The zero-order chi connectivity index (χ0) is 31.1. The summed E-state index contributed by atoms with van der Waals surface area (Å²) in [6.07, 6.45) is 0. The molecule has 0 saturated heterocycles. The van der Waals surface area contributed by atoms with Crippen molar-refractivity contribution in [3.8, 4) is 34.3 Å². The number of hydrogen-bond acceptors (Lipinski definition) is 10. The number of benzene rings is 3. The van der Waals surface area contributed by atoms with Crippen molar-refractivity contribution in [2.24, 2.45) is 0 Å². The number of ether oxygens (including phenoxy) is 4. The van der Waals surface area contributed by atoms with Gasteiger partial charge in [0.25, 0.3) is 11.8 Å².